The molecule has 0 amide bonds. The first-order valence-corrected chi connectivity index (χ1v) is 11.1. The van der Waals surface area contributed by atoms with E-state index < -0.39 is 5.92 Å². The number of ether oxygens (including phenoxy) is 1. The van der Waals surface area contributed by atoms with Crippen molar-refractivity contribution in [1.29, 1.82) is 0 Å². The molecule has 31 heavy (non-hydrogen) atoms. The van der Waals surface area contributed by atoms with Crippen LogP contribution in [0, 0.1) is 10.8 Å². The Morgan fingerprint density at radius 1 is 0.968 bits per heavy atom. The van der Waals surface area contributed by atoms with Gasteiger partial charge in [0.1, 0.15) is 0 Å². The number of methoxy groups -OCH3 is 1. The zero-order valence-corrected chi connectivity index (χ0v) is 19.8. The van der Waals surface area contributed by atoms with Gasteiger partial charge in [0.25, 0.3) is 0 Å². The quantitative estimate of drug-likeness (QED) is 0.665. The number of allylic oxidation sites excluding steroid dienone is 4. The van der Waals surface area contributed by atoms with E-state index in [0.29, 0.717) is 29.6 Å². The number of phenolic OH excluding ortho intramolecular Hbond substituents is 1. The zero-order chi connectivity index (χ0) is 22.9. The molecule has 0 radical (unpaired) electrons. The van der Waals surface area contributed by atoms with Crippen molar-refractivity contribution in [3.05, 3.63) is 45.3 Å². The number of benzene rings is 1. The Bertz CT molecular complexity index is 1010. The highest BCUT2D eigenvalue weighted by molar-refractivity contribution is 6.32. The maximum absolute atomic E-state index is 13.5. The lowest BCUT2D eigenvalue weighted by atomic mass is 9.64. The van der Waals surface area contributed by atoms with Gasteiger partial charge in [0.2, 0.25) is 0 Å². The summed E-state index contributed by atoms with van der Waals surface area (Å²) >= 11 is 6.32. The zero-order valence-electron chi connectivity index (χ0n) is 19.1. The van der Waals surface area contributed by atoms with Crippen LogP contribution in [0.25, 0.3) is 0 Å². The number of hydrogen-bond acceptors (Lipinski definition) is 5. The van der Waals surface area contributed by atoms with Gasteiger partial charge in [-0.05, 0) is 41.4 Å². The minimum atomic E-state index is -0.500. The summed E-state index contributed by atoms with van der Waals surface area (Å²) in [6, 6.07) is 3.36. The van der Waals surface area contributed by atoms with Crippen molar-refractivity contribution in [2.24, 2.45) is 10.8 Å². The van der Waals surface area contributed by atoms with Crippen LogP contribution >= 0.6 is 11.6 Å². The Hall–Kier alpha value is -2.27. The van der Waals surface area contributed by atoms with E-state index in [1.807, 2.05) is 7.05 Å². The molecule has 1 heterocycles. The van der Waals surface area contributed by atoms with Gasteiger partial charge < -0.3 is 14.7 Å². The molecule has 0 saturated carbocycles. The summed E-state index contributed by atoms with van der Waals surface area (Å²) < 4.78 is 5.32. The SMILES string of the molecule is COc1cc(C2C3=C(CC(C)(C)CC3=O)N(C)C3=C2C(=O)CC(C)(C)C3)cc(Cl)c1O. The van der Waals surface area contributed by atoms with Gasteiger partial charge in [-0.3, -0.25) is 9.59 Å². The second-order valence-electron chi connectivity index (χ2n) is 10.6. The van der Waals surface area contributed by atoms with Gasteiger partial charge in [-0.15, -0.1) is 0 Å². The number of phenols is 1. The topological polar surface area (TPSA) is 66.8 Å². The van der Waals surface area contributed by atoms with Crippen molar-refractivity contribution in [2.45, 2.75) is 59.3 Å². The minimum Gasteiger partial charge on any atom is -0.503 e. The third-order valence-corrected chi connectivity index (χ3v) is 7.07. The van der Waals surface area contributed by atoms with Crippen LogP contribution in [0.15, 0.2) is 34.7 Å². The smallest absolute Gasteiger partial charge is 0.176 e. The predicted molar refractivity (Wildman–Crippen MR) is 120 cm³/mol. The van der Waals surface area contributed by atoms with Crippen molar-refractivity contribution in [2.75, 3.05) is 14.2 Å². The third kappa shape index (κ3) is 3.57. The predicted octanol–water partition coefficient (Wildman–Crippen LogP) is 5.37. The summed E-state index contributed by atoms with van der Waals surface area (Å²) in [7, 11) is 3.44. The van der Waals surface area contributed by atoms with Crippen LogP contribution in [0.2, 0.25) is 5.02 Å². The Labute approximate surface area is 188 Å². The summed E-state index contributed by atoms with van der Waals surface area (Å²) in [6.45, 7) is 8.44. The number of carbonyl (C=O) groups excluding carboxylic acids is 2. The molecule has 0 bridgehead atoms. The number of carbonyl (C=O) groups is 2. The molecule has 2 aliphatic carbocycles. The van der Waals surface area contributed by atoms with Gasteiger partial charge >= 0.3 is 0 Å². The van der Waals surface area contributed by atoms with Crippen molar-refractivity contribution >= 4 is 23.2 Å². The second-order valence-corrected chi connectivity index (χ2v) is 11.1. The van der Waals surface area contributed by atoms with Crippen molar-refractivity contribution < 1.29 is 19.4 Å². The first-order valence-electron chi connectivity index (χ1n) is 10.7. The number of rotatable bonds is 2. The summed E-state index contributed by atoms with van der Waals surface area (Å²) in [6.07, 6.45) is 2.38. The largest absolute Gasteiger partial charge is 0.503 e. The van der Waals surface area contributed by atoms with E-state index >= 15 is 0 Å². The van der Waals surface area contributed by atoms with Gasteiger partial charge in [0.05, 0.1) is 12.1 Å². The highest BCUT2D eigenvalue weighted by atomic mass is 35.5. The first kappa shape index (κ1) is 21.9. The number of halogens is 1. The maximum atomic E-state index is 13.5. The second kappa shape index (κ2) is 7.13. The lowest BCUT2D eigenvalue weighted by Crippen LogP contribution is -2.43. The monoisotopic (exact) mass is 443 g/mol. The van der Waals surface area contributed by atoms with E-state index in [2.05, 4.69) is 32.6 Å². The van der Waals surface area contributed by atoms with Crippen LogP contribution in [0.5, 0.6) is 11.5 Å². The average Bonchev–Trinajstić information content (AvgIpc) is 2.64. The van der Waals surface area contributed by atoms with Gasteiger partial charge in [-0.1, -0.05) is 39.3 Å². The van der Waals surface area contributed by atoms with Gasteiger partial charge in [0.15, 0.2) is 23.1 Å². The minimum absolute atomic E-state index is 0.0652. The molecular weight excluding hydrogens is 414 g/mol. The fourth-order valence-electron chi connectivity index (χ4n) is 5.41. The molecule has 0 unspecified atom stereocenters. The summed E-state index contributed by atoms with van der Waals surface area (Å²) in [5.41, 5.74) is 3.73. The summed E-state index contributed by atoms with van der Waals surface area (Å²) in [5, 5.41) is 10.4. The Morgan fingerprint density at radius 3 is 1.90 bits per heavy atom. The number of nitrogens with zero attached hydrogens (tertiary/aromatic N) is 1. The molecule has 1 aromatic rings. The highest BCUT2D eigenvalue weighted by Crippen LogP contribution is 2.54. The lowest BCUT2D eigenvalue weighted by molar-refractivity contribution is -0.119. The van der Waals surface area contributed by atoms with Crippen LogP contribution < -0.4 is 4.74 Å². The number of Topliss-reactive ketones (excluding diaryl/α,β-unsaturated/α-hetero) is 2. The number of ketones is 2. The van der Waals surface area contributed by atoms with Crippen LogP contribution in [0.1, 0.15) is 64.9 Å². The molecular formula is C25H30ClNO4. The molecule has 0 fully saturated rings. The number of aromatic hydroxyl groups is 1. The van der Waals surface area contributed by atoms with Crippen molar-refractivity contribution in [1.82, 2.24) is 4.90 Å². The third-order valence-electron chi connectivity index (χ3n) is 6.78. The van der Waals surface area contributed by atoms with Gasteiger partial charge in [0, 0.05) is 48.3 Å². The molecule has 5 nitrogen and oxygen atoms in total. The van der Waals surface area contributed by atoms with Crippen LogP contribution in [-0.2, 0) is 9.59 Å². The molecule has 0 atom stereocenters. The van der Waals surface area contributed by atoms with Gasteiger partial charge in [-0.2, -0.15) is 0 Å². The van der Waals surface area contributed by atoms with E-state index in [-0.39, 0.29) is 38.9 Å². The first-order chi connectivity index (χ1) is 14.3. The van der Waals surface area contributed by atoms with Crippen LogP contribution in [0.4, 0.5) is 0 Å². The van der Waals surface area contributed by atoms with E-state index in [1.54, 1.807) is 12.1 Å². The Morgan fingerprint density at radius 2 is 1.45 bits per heavy atom. The molecule has 166 valence electrons. The molecule has 4 rings (SSSR count). The average molecular weight is 444 g/mol. The van der Waals surface area contributed by atoms with Gasteiger partial charge in [-0.25, -0.2) is 0 Å². The molecule has 1 aliphatic heterocycles. The molecule has 0 spiro atoms. The van der Waals surface area contributed by atoms with Crippen molar-refractivity contribution in [3.8, 4) is 11.5 Å². The summed E-state index contributed by atoms with van der Waals surface area (Å²) in [4.78, 5) is 29.0. The normalized spacial score (nSPS) is 23.1. The van der Waals surface area contributed by atoms with Crippen LogP contribution in [0.3, 0.4) is 0 Å². The fourth-order valence-corrected chi connectivity index (χ4v) is 5.63. The standard InChI is InChI=1S/C25H30ClNO4/c1-24(2)9-15-21(17(28)11-24)20(13-7-14(26)23(30)19(8-13)31-6)22-16(27(15)5)10-25(3,4)12-18(22)29/h7-8,20,30H,9-12H2,1-6H3. The molecule has 3 aliphatic rings. The summed E-state index contributed by atoms with van der Waals surface area (Å²) in [5.74, 6) is -0.277. The van der Waals surface area contributed by atoms with E-state index in [9.17, 15) is 14.7 Å². The van der Waals surface area contributed by atoms with E-state index in [1.165, 1.54) is 7.11 Å². The number of hydrogen-bond donors (Lipinski definition) is 1. The molecule has 0 aromatic heterocycles. The Kier molecular flexibility index (Phi) is 5.04. The lowest BCUT2D eigenvalue weighted by Gasteiger charge is -2.47. The maximum Gasteiger partial charge on any atom is 0.176 e. The highest BCUT2D eigenvalue weighted by Gasteiger charge is 2.48. The van der Waals surface area contributed by atoms with E-state index in [0.717, 1.165) is 24.2 Å². The van der Waals surface area contributed by atoms with E-state index in [4.69, 9.17) is 16.3 Å². The fraction of sp³-hybridized carbons (Fsp3) is 0.520. The molecule has 0 saturated heterocycles. The van der Waals surface area contributed by atoms with Crippen LogP contribution in [-0.4, -0.2) is 35.7 Å². The molecule has 1 N–H and O–H groups in total. The molecule has 6 heteroatoms. The Balaban J connectivity index is 2.00. The van der Waals surface area contributed by atoms with Crippen molar-refractivity contribution in [3.63, 3.8) is 0 Å². The molecule has 1 aromatic carbocycles.